The van der Waals surface area contributed by atoms with Crippen LogP contribution in [0.4, 0.5) is 0 Å². The Kier molecular flexibility index (Phi) is 7.35. The van der Waals surface area contributed by atoms with E-state index in [1.54, 1.807) is 6.07 Å². The van der Waals surface area contributed by atoms with Crippen molar-refractivity contribution in [3.05, 3.63) is 63.6 Å². The Bertz CT molecular complexity index is 1050. The van der Waals surface area contributed by atoms with Gasteiger partial charge in [-0.15, -0.1) is 0 Å². The first-order valence-corrected chi connectivity index (χ1v) is 12.4. The lowest BCUT2D eigenvalue weighted by molar-refractivity contribution is 0.0812. The van der Waals surface area contributed by atoms with Crippen molar-refractivity contribution in [2.45, 2.75) is 56.5 Å². The third-order valence-electron chi connectivity index (χ3n) is 5.94. The van der Waals surface area contributed by atoms with Crippen LogP contribution in [0.1, 0.15) is 48.9 Å². The molecule has 1 saturated heterocycles. The molecule has 1 aliphatic heterocycles. The van der Waals surface area contributed by atoms with Crippen LogP contribution in [0.15, 0.2) is 51.8 Å². The van der Waals surface area contributed by atoms with E-state index >= 15 is 0 Å². The van der Waals surface area contributed by atoms with Crippen LogP contribution in [0, 0.1) is 24.2 Å². The minimum atomic E-state index is -4.28. The number of rotatable bonds is 6. The molecule has 2 aromatic rings. The van der Waals surface area contributed by atoms with Gasteiger partial charge in [-0.25, -0.2) is 0 Å². The molecule has 3 atom stereocenters. The van der Waals surface area contributed by atoms with Crippen molar-refractivity contribution in [1.29, 1.82) is 5.26 Å². The van der Waals surface area contributed by atoms with Gasteiger partial charge in [0.05, 0.1) is 11.0 Å². The fourth-order valence-corrected chi connectivity index (χ4v) is 5.75. The maximum Gasteiger partial charge on any atom is 0.294 e. The second-order valence-electron chi connectivity index (χ2n) is 8.12. The summed E-state index contributed by atoms with van der Waals surface area (Å²) in [5, 5.41) is 10.0. The standard InChI is InChI=1S/C23H27BrN2O3S/c1-16-10-11-23(30(27,28)29)18(13-16)14-17(2)21-9-5-6-12-26(21)22(15-25)19-7-3-4-8-20(19)24/h3-4,7-8,10-11,13,17,21-22H,5-6,9,12,14H2,1-2H3,(H,27,28,29). The molecule has 1 heterocycles. The van der Waals surface area contributed by atoms with Crippen LogP contribution in [0.2, 0.25) is 0 Å². The van der Waals surface area contributed by atoms with Gasteiger partial charge >= 0.3 is 0 Å². The summed E-state index contributed by atoms with van der Waals surface area (Å²) in [6.07, 6.45) is 3.59. The Hall–Kier alpha value is -1.72. The molecule has 30 heavy (non-hydrogen) atoms. The predicted molar refractivity (Wildman–Crippen MR) is 121 cm³/mol. The van der Waals surface area contributed by atoms with Crippen molar-refractivity contribution in [1.82, 2.24) is 4.90 Å². The maximum atomic E-state index is 11.9. The molecule has 0 radical (unpaired) electrons. The average Bonchev–Trinajstić information content (AvgIpc) is 2.69. The molecule has 160 valence electrons. The van der Waals surface area contributed by atoms with Crippen LogP contribution in [-0.4, -0.2) is 30.5 Å². The molecule has 0 amide bonds. The minimum Gasteiger partial charge on any atom is -0.282 e. The van der Waals surface area contributed by atoms with E-state index < -0.39 is 10.1 Å². The van der Waals surface area contributed by atoms with E-state index in [0.717, 1.165) is 41.4 Å². The van der Waals surface area contributed by atoms with Crippen molar-refractivity contribution in [2.75, 3.05) is 6.54 Å². The molecule has 1 N–H and O–H groups in total. The van der Waals surface area contributed by atoms with Gasteiger partial charge in [-0.05, 0) is 55.4 Å². The highest BCUT2D eigenvalue weighted by Crippen LogP contribution is 2.36. The number of hydrogen-bond acceptors (Lipinski definition) is 4. The second-order valence-corrected chi connectivity index (χ2v) is 10.4. The van der Waals surface area contributed by atoms with Gasteiger partial charge in [0.1, 0.15) is 6.04 Å². The van der Waals surface area contributed by atoms with Gasteiger partial charge in [-0.3, -0.25) is 9.45 Å². The van der Waals surface area contributed by atoms with Gasteiger partial charge in [0.2, 0.25) is 0 Å². The first-order valence-electron chi connectivity index (χ1n) is 10.2. The molecule has 0 bridgehead atoms. The highest BCUT2D eigenvalue weighted by atomic mass is 79.9. The average molecular weight is 491 g/mol. The Morgan fingerprint density at radius 1 is 1.27 bits per heavy atom. The van der Waals surface area contributed by atoms with Gasteiger partial charge in [0.25, 0.3) is 10.1 Å². The molecule has 1 fully saturated rings. The van der Waals surface area contributed by atoms with Gasteiger partial charge in [-0.2, -0.15) is 13.7 Å². The molecule has 0 aliphatic carbocycles. The fourth-order valence-electron chi connectivity index (χ4n) is 4.53. The third kappa shape index (κ3) is 5.12. The number of likely N-dealkylation sites (tertiary alicyclic amines) is 1. The Morgan fingerprint density at radius 2 is 2.00 bits per heavy atom. The summed E-state index contributed by atoms with van der Waals surface area (Å²) in [6.45, 7) is 4.84. The Balaban J connectivity index is 1.91. The normalized spacial score (nSPS) is 19.8. The van der Waals surface area contributed by atoms with Gasteiger partial charge in [-0.1, -0.05) is 65.2 Å². The van der Waals surface area contributed by atoms with Crippen molar-refractivity contribution >= 4 is 26.0 Å². The number of halogens is 1. The van der Waals surface area contributed by atoms with Crippen molar-refractivity contribution < 1.29 is 13.0 Å². The van der Waals surface area contributed by atoms with E-state index in [9.17, 15) is 18.2 Å². The summed E-state index contributed by atoms with van der Waals surface area (Å²) in [7, 11) is -4.28. The smallest absolute Gasteiger partial charge is 0.282 e. The van der Waals surface area contributed by atoms with Gasteiger partial charge < -0.3 is 0 Å². The number of nitrogens with zero attached hydrogens (tertiary/aromatic N) is 2. The van der Waals surface area contributed by atoms with Crippen LogP contribution >= 0.6 is 15.9 Å². The van der Waals surface area contributed by atoms with Crippen molar-refractivity contribution in [3.8, 4) is 6.07 Å². The first-order chi connectivity index (χ1) is 14.2. The zero-order chi connectivity index (χ0) is 21.9. The van der Waals surface area contributed by atoms with E-state index in [1.807, 2.05) is 37.3 Å². The number of hydrogen-bond donors (Lipinski definition) is 1. The van der Waals surface area contributed by atoms with Crippen LogP contribution in [0.25, 0.3) is 0 Å². The highest BCUT2D eigenvalue weighted by Gasteiger charge is 2.34. The summed E-state index contributed by atoms with van der Waals surface area (Å²) in [5.74, 6) is 0.117. The predicted octanol–water partition coefficient (Wildman–Crippen LogP) is 5.30. The molecule has 1 aliphatic rings. The van der Waals surface area contributed by atoms with Crippen LogP contribution in [-0.2, 0) is 16.5 Å². The molecular formula is C23H27BrN2O3S. The Labute approximate surface area is 187 Å². The second kappa shape index (κ2) is 9.61. The molecule has 0 saturated carbocycles. The third-order valence-corrected chi connectivity index (χ3v) is 7.61. The highest BCUT2D eigenvalue weighted by molar-refractivity contribution is 9.10. The van der Waals surface area contributed by atoms with Crippen molar-refractivity contribution in [2.24, 2.45) is 5.92 Å². The molecule has 0 aromatic heterocycles. The van der Waals surface area contributed by atoms with Crippen LogP contribution in [0.5, 0.6) is 0 Å². The zero-order valence-corrected chi connectivity index (χ0v) is 19.7. The topological polar surface area (TPSA) is 81.4 Å². The van der Waals surface area contributed by atoms with Crippen LogP contribution < -0.4 is 0 Å². The summed E-state index contributed by atoms with van der Waals surface area (Å²) in [4.78, 5) is 2.24. The lowest BCUT2D eigenvalue weighted by Crippen LogP contribution is -2.45. The summed E-state index contributed by atoms with van der Waals surface area (Å²) < 4.78 is 34.3. The quantitative estimate of drug-likeness (QED) is 0.555. The Morgan fingerprint density at radius 3 is 2.67 bits per heavy atom. The lowest BCUT2D eigenvalue weighted by atomic mass is 9.85. The van der Waals surface area contributed by atoms with Gasteiger partial charge in [0, 0.05) is 17.1 Å². The molecule has 2 aromatic carbocycles. The number of nitriles is 1. The van der Waals surface area contributed by atoms with E-state index in [1.165, 1.54) is 6.07 Å². The lowest BCUT2D eigenvalue weighted by Gasteiger charge is -2.42. The summed E-state index contributed by atoms with van der Waals surface area (Å²) in [5.41, 5.74) is 2.53. The fraction of sp³-hybridized carbons (Fsp3) is 0.435. The molecule has 3 unspecified atom stereocenters. The van der Waals surface area contributed by atoms with E-state index in [-0.39, 0.29) is 22.9 Å². The minimum absolute atomic E-state index is 0.0232. The van der Waals surface area contributed by atoms with Crippen molar-refractivity contribution in [3.63, 3.8) is 0 Å². The van der Waals surface area contributed by atoms with E-state index in [4.69, 9.17) is 0 Å². The monoisotopic (exact) mass is 490 g/mol. The first kappa shape index (κ1) is 23.0. The molecule has 0 spiro atoms. The van der Waals surface area contributed by atoms with Gasteiger partial charge in [0.15, 0.2) is 0 Å². The maximum absolute atomic E-state index is 11.9. The summed E-state index contributed by atoms with van der Waals surface area (Å²) in [6, 6.07) is 15.1. The zero-order valence-electron chi connectivity index (χ0n) is 17.3. The number of benzene rings is 2. The van der Waals surface area contributed by atoms with E-state index in [0.29, 0.717) is 12.0 Å². The largest absolute Gasteiger partial charge is 0.294 e. The molecule has 3 rings (SSSR count). The molecular weight excluding hydrogens is 464 g/mol. The number of aryl methyl sites for hydroxylation is 1. The summed E-state index contributed by atoms with van der Waals surface area (Å²) >= 11 is 3.58. The number of piperidine rings is 1. The SMILES string of the molecule is Cc1ccc(S(=O)(=O)O)c(CC(C)C2CCCCN2C(C#N)c2ccccc2Br)c1. The van der Waals surface area contributed by atoms with Crippen LogP contribution in [0.3, 0.4) is 0 Å². The molecule has 5 nitrogen and oxygen atoms in total. The molecule has 7 heteroatoms. The van der Waals surface area contributed by atoms with E-state index in [2.05, 4.69) is 33.8 Å².